The predicted molar refractivity (Wildman–Crippen MR) is 112 cm³/mol. The quantitative estimate of drug-likeness (QED) is 0.497. The third-order valence-electron chi connectivity index (χ3n) is 6.49. The fourth-order valence-corrected chi connectivity index (χ4v) is 4.95. The van der Waals surface area contributed by atoms with Crippen LogP contribution in [0.15, 0.2) is 23.0 Å². The molecular weight excluding hydrogens is 398 g/mol. The molecule has 8 heteroatoms. The van der Waals surface area contributed by atoms with Gasteiger partial charge in [0.1, 0.15) is 19.8 Å². The zero-order valence-electron chi connectivity index (χ0n) is 17.1. The molecule has 0 fully saturated rings. The topological polar surface area (TPSA) is 106 Å². The van der Waals surface area contributed by atoms with Crippen molar-refractivity contribution < 1.29 is 19.0 Å². The van der Waals surface area contributed by atoms with E-state index in [0.717, 1.165) is 39.0 Å². The molecular formula is C23H21N3O5. The summed E-state index contributed by atoms with van der Waals surface area (Å²) in [5.74, 6) is 0.623. The van der Waals surface area contributed by atoms with Crippen LogP contribution in [0.5, 0.6) is 11.5 Å². The van der Waals surface area contributed by atoms with E-state index in [1.54, 1.807) is 4.57 Å². The molecule has 5 heterocycles. The Morgan fingerprint density at radius 2 is 1.87 bits per heavy atom. The number of nitrogens with two attached hydrogens (primary N) is 1. The van der Waals surface area contributed by atoms with Gasteiger partial charge < -0.3 is 24.5 Å². The van der Waals surface area contributed by atoms with E-state index >= 15 is 0 Å². The molecule has 0 bridgehead atoms. The first-order valence-corrected chi connectivity index (χ1v) is 10.5. The number of pyridine rings is 2. The van der Waals surface area contributed by atoms with Crippen LogP contribution in [-0.2, 0) is 29.2 Å². The SMILES string of the molecule is CCC1C(=O)OCc2c1cc1n(c2=O)Cc2c-1nc1cc3c(cc1c2CN)OCCO3. The van der Waals surface area contributed by atoms with E-state index in [0.29, 0.717) is 49.8 Å². The van der Waals surface area contributed by atoms with Gasteiger partial charge >= 0.3 is 5.97 Å². The number of nitrogens with zero attached hydrogens (tertiary/aromatic N) is 2. The summed E-state index contributed by atoms with van der Waals surface area (Å²) in [6, 6.07) is 5.73. The zero-order chi connectivity index (χ0) is 21.3. The number of ether oxygens (including phenoxy) is 3. The number of hydrogen-bond donors (Lipinski definition) is 1. The summed E-state index contributed by atoms with van der Waals surface area (Å²) in [5.41, 5.74) is 11.4. The molecule has 0 amide bonds. The molecule has 1 unspecified atom stereocenters. The number of esters is 1. The van der Waals surface area contributed by atoms with Gasteiger partial charge in [-0.25, -0.2) is 4.98 Å². The number of hydrogen-bond acceptors (Lipinski definition) is 7. The molecule has 3 aliphatic heterocycles. The molecule has 3 aromatic rings. The highest BCUT2D eigenvalue weighted by atomic mass is 16.6. The van der Waals surface area contributed by atoms with Crippen molar-refractivity contribution in [3.63, 3.8) is 0 Å². The lowest BCUT2D eigenvalue weighted by Gasteiger charge is -2.24. The highest BCUT2D eigenvalue weighted by Crippen LogP contribution is 2.41. The van der Waals surface area contributed by atoms with Gasteiger partial charge in [-0.2, -0.15) is 0 Å². The van der Waals surface area contributed by atoms with E-state index in [9.17, 15) is 9.59 Å². The Labute approximate surface area is 177 Å². The number of aromatic nitrogens is 2. The lowest BCUT2D eigenvalue weighted by molar-refractivity contribution is -0.148. The average Bonchev–Trinajstić information content (AvgIpc) is 3.14. The molecule has 0 saturated heterocycles. The molecule has 6 rings (SSSR count). The van der Waals surface area contributed by atoms with E-state index < -0.39 is 5.92 Å². The number of cyclic esters (lactones) is 1. The van der Waals surface area contributed by atoms with E-state index in [1.165, 1.54) is 0 Å². The Kier molecular flexibility index (Phi) is 3.89. The maximum atomic E-state index is 13.3. The highest BCUT2D eigenvalue weighted by molar-refractivity contribution is 5.91. The summed E-state index contributed by atoms with van der Waals surface area (Å²) in [7, 11) is 0. The van der Waals surface area contributed by atoms with Crippen molar-refractivity contribution in [2.24, 2.45) is 5.73 Å². The predicted octanol–water partition coefficient (Wildman–Crippen LogP) is 2.21. The van der Waals surface area contributed by atoms with Crippen molar-refractivity contribution in [2.45, 2.75) is 39.0 Å². The van der Waals surface area contributed by atoms with Gasteiger partial charge in [0, 0.05) is 23.6 Å². The van der Waals surface area contributed by atoms with Crippen LogP contribution in [0.1, 0.15) is 41.5 Å². The van der Waals surface area contributed by atoms with Crippen LogP contribution in [0.4, 0.5) is 0 Å². The number of benzene rings is 1. The monoisotopic (exact) mass is 419 g/mol. The minimum Gasteiger partial charge on any atom is -0.486 e. The van der Waals surface area contributed by atoms with E-state index in [-0.39, 0.29) is 18.1 Å². The van der Waals surface area contributed by atoms with Crippen LogP contribution in [-0.4, -0.2) is 28.7 Å². The van der Waals surface area contributed by atoms with Crippen LogP contribution in [0.25, 0.3) is 22.3 Å². The standard InChI is InChI=1S/C23H21N3O5/c1-2-11-12-5-18-21-15(9-26(18)22(27)16(12)10-31-23(11)28)14(8-24)13-6-19-20(7-17(13)25-21)30-4-3-29-19/h5-7,11H,2-4,8-10,24H2,1H3. The fraction of sp³-hybridized carbons (Fsp3) is 0.348. The molecule has 2 aromatic heterocycles. The minimum atomic E-state index is -0.432. The summed E-state index contributed by atoms with van der Waals surface area (Å²) in [5, 5.41) is 0.904. The van der Waals surface area contributed by atoms with Gasteiger partial charge in [-0.1, -0.05) is 6.92 Å². The largest absolute Gasteiger partial charge is 0.486 e. The maximum Gasteiger partial charge on any atom is 0.313 e. The Hall–Kier alpha value is -3.39. The van der Waals surface area contributed by atoms with Gasteiger partial charge in [0.15, 0.2) is 11.5 Å². The van der Waals surface area contributed by atoms with Crippen LogP contribution in [0.2, 0.25) is 0 Å². The molecule has 0 saturated carbocycles. The first-order valence-electron chi connectivity index (χ1n) is 10.5. The van der Waals surface area contributed by atoms with Crippen LogP contribution in [0.3, 0.4) is 0 Å². The summed E-state index contributed by atoms with van der Waals surface area (Å²) < 4.78 is 18.5. The fourth-order valence-electron chi connectivity index (χ4n) is 4.95. The van der Waals surface area contributed by atoms with Crippen LogP contribution in [0, 0.1) is 0 Å². The Bertz CT molecular complexity index is 1340. The second-order valence-electron chi connectivity index (χ2n) is 8.06. The van der Waals surface area contributed by atoms with Crippen molar-refractivity contribution in [2.75, 3.05) is 13.2 Å². The van der Waals surface area contributed by atoms with Crippen LogP contribution >= 0.6 is 0 Å². The molecule has 1 atom stereocenters. The normalized spacial score (nSPS) is 18.4. The Balaban J connectivity index is 1.62. The highest BCUT2D eigenvalue weighted by Gasteiger charge is 2.34. The van der Waals surface area contributed by atoms with Crippen molar-refractivity contribution in [3.8, 4) is 22.9 Å². The van der Waals surface area contributed by atoms with Crippen molar-refractivity contribution in [3.05, 3.63) is 50.8 Å². The lowest BCUT2D eigenvalue weighted by Crippen LogP contribution is -2.32. The average molecular weight is 419 g/mol. The lowest BCUT2D eigenvalue weighted by atomic mass is 9.90. The Morgan fingerprint density at radius 1 is 1.10 bits per heavy atom. The first kappa shape index (κ1) is 18.4. The molecule has 1 aromatic carbocycles. The smallest absolute Gasteiger partial charge is 0.313 e. The Morgan fingerprint density at radius 3 is 2.61 bits per heavy atom. The molecule has 158 valence electrons. The molecule has 31 heavy (non-hydrogen) atoms. The molecule has 0 spiro atoms. The number of carbonyl (C=O) groups excluding carboxylic acids is 1. The molecule has 0 radical (unpaired) electrons. The van der Waals surface area contributed by atoms with Gasteiger partial charge in [-0.15, -0.1) is 0 Å². The third-order valence-corrected chi connectivity index (χ3v) is 6.49. The summed E-state index contributed by atoms with van der Waals surface area (Å²) >= 11 is 0. The van der Waals surface area contributed by atoms with Crippen molar-refractivity contribution in [1.29, 1.82) is 0 Å². The minimum absolute atomic E-state index is 0.0146. The zero-order valence-corrected chi connectivity index (χ0v) is 17.1. The summed E-state index contributed by atoms with van der Waals surface area (Å²) in [6.45, 7) is 3.63. The third kappa shape index (κ3) is 2.48. The molecule has 2 N–H and O–H groups in total. The van der Waals surface area contributed by atoms with Crippen molar-refractivity contribution >= 4 is 16.9 Å². The number of rotatable bonds is 2. The number of fused-ring (bicyclic) bond motifs is 6. The van der Waals surface area contributed by atoms with Gasteiger partial charge in [-0.05, 0) is 29.7 Å². The van der Waals surface area contributed by atoms with Gasteiger partial charge in [-0.3, -0.25) is 9.59 Å². The van der Waals surface area contributed by atoms with E-state index in [1.807, 2.05) is 25.1 Å². The molecule has 3 aliphatic rings. The number of carbonyl (C=O) groups is 1. The van der Waals surface area contributed by atoms with Crippen molar-refractivity contribution in [1.82, 2.24) is 9.55 Å². The van der Waals surface area contributed by atoms with Gasteiger partial charge in [0.05, 0.1) is 34.9 Å². The van der Waals surface area contributed by atoms with E-state index in [4.69, 9.17) is 24.9 Å². The maximum absolute atomic E-state index is 13.3. The van der Waals surface area contributed by atoms with E-state index in [2.05, 4.69) is 0 Å². The first-order chi connectivity index (χ1) is 15.1. The molecule has 0 aliphatic carbocycles. The summed E-state index contributed by atoms with van der Waals surface area (Å²) in [4.78, 5) is 30.5. The van der Waals surface area contributed by atoms with Gasteiger partial charge in [0.2, 0.25) is 0 Å². The molecule has 8 nitrogen and oxygen atoms in total. The second-order valence-corrected chi connectivity index (χ2v) is 8.06. The van der Waals surface area contributed by atoms with Crippen LogP contribution < -0.4 is 20.8 Å². The second kappa shape index (κ2) is 6.55. The summed E-state index contributed by atoms with van der Waals surface area (Å²) in [6.07, 6.45) is 0.574. The van der Waals surface area contributed by atoms with Gasteiger partial charge in [0.25, 0.3) is 5.56 Å².